The molecule has 0 bridgehead atoms. The summed E-state index contributed by atoms with van der Waals surface area (Å²) in [5.41, 5.74) is -0.636. The van der Waals surface area contributed by atoms with Crippen LogP contribution in [0.3, 0.4) is 0 Å². The predicted molar refractivity (Wildman–Crippen MR) is 72.3 cm³/mol. The smallest absolute Gasteiger partial charge is 0.422 e. The number of nitrogens with one attached hydrogen (secondary N) is 1. The molecule has 0 fully saturated rings. The molecule has 22 heavy (non-hydrogen) atoms. The van der Waals surface area contributed by atoms with Gasteiger partial charge in [-0.05, 0) is 5.56 Å². The molecule has 0 aliphatic heterocycles. The van der Waals surface area contributed by atoms with Crippen LogP contribution in [-0.4, -0.2) is 16.1 Å². The highest BCUT2D eigenvalue weighted by Crippen LogP contribution is 2.37. The third-order valence-corrected chi connectivity index (χ3v) is 2.80. The third kappa shape index (κ3) is 4.08. The molecule has 0 atom stereocenters. The second-order valence-electron chi connectivity index (χ2n) is 4.07. The number of rotatable bonds is 3. The second-order valence-corrected chi connectivity index (χ2v) is 4.43. The Kier molecular flexibility index (Phi) is 4.81. The Balaban J connectivity index is 2.08. The van der Waals surface area contributed by atoms with Crippen molar-refractivity contribution in [2.75, 3.05) is 5.32 Å². The van der Waals surface area contributed by atoms with E-state index in [0.717, 1.165) is 6.33 Å². The van der Waals surface area contributed by atoms with Gasteiger partial charge in [0.05, 0.1) is 0 Å². The molecule has 1 heterocycles. The van der Waals surface area contributed by atoms with Crippen LogP contribution in [0.2, 0.25) is 5.15 Å². The van der Waals surface area contributed by atoms with Gasteiger partial charge in [0, 0.05) is 0 Å². The Bertz CT molecular complexity index is 665. The first-order valence-corrected chi connectivity index (χ1v) is 6.31. The first kappa shape index (κ1) is 16.0. The minimum Gasteiger partial charge on any atom is -0.444 e. The van der Waals surface area contributed by atoms with E-state index in [1.54, 1.807) is 30.3 Å². The number of nitrogens with zero attached hydrogens (tertiary/aromatic N) is 2. The molecule has 2 aromatic rings. The van der Waals surface area contributed by atoms with Crippen molar-refractivity contribution in [1.82, 2.24) is 9.97 Å². The van der Waals surface area contributed by atoms with Crippen LogP contribution in [0, 0.1) is 0 Å². The number of hydrogen-bond donors (Lipinski definition) is 1. The standard InChI is InChI=1S/C13H9ClF3N3O2/c14-10-9(13(15,16)17)11(19-7-18-10)20-12(21)22-6-8-4-2-1-3-5-8/h1-5,7H,6H2,(H,18,19,20,21). The number of aromatic nitrogens is 2. The van der Waals surface area contributed by atoms with Gasteiger partial charge in [-0.1, -0.05) is 41.9 Å². The third-order valence-electron chi connectivity index (χ3n) is 2.52. The largest absolute Gasteiger partial charge is 0.444 e. The zero-order valence-electron chi connectivity index (χ0n) is 10.9. The average molecular weight is 332 g/mol. The number of carbonyl (C=O) groups is 1. The first-order chi connectivity index (χ1) is 10.4. The Morgan fingerprint density at radius 2 is 1.91 bits per heavy atom. The summed E-state index contributed by atoms with van der Waals surface area (Å²) in [5, 5.41) is 1.11. The van der Waals surface area contributed by atoms with Crippen molar-refractivity contribution in [1.29, 1.82) is 0 Å². The normalized spacial score (nSPS) is 11.1. The van der Waals surface area contributed by atoms with Crippen LogP contribution < -0.4 is 5.32 Å². The first-order valence-electron chi connectivity index (χ1n) is 5.93. The van der Waals surface area contributed by atoms with Crippen molar-refractivity contribution in [3.63, 3.8) is 0 Å². The van der Waals surface area contributed by atoms with Crippen LogP contribution in [0.25, 0.3) is 0 Å². The van der Waals surface area contributed by atoms with Crippen molar-refractivity contribution in [2.24, 2.45) is 0 Å². The predicted octanol–water partition coefficient (Wildman–Crippen LogP) is 3.90. The van der Waals surface area contributed by atoms with Crippen LogP contribution in [0.4, 0.5) is 23.8 Å². The van der Waals surface area contributed by atoms with Crippen molar-refractivity contribution >= 4 is 23.5 Å². The minimum absolute atomic E-state index is 0.0904. The monoisotopic (exact) mass is 331 g/mol. The number of alkyl halides is 3. The van der Waals surface area contributed by atoms with Crippen molar-refractivity contribution in [3.8, 4) is 0 Å². The Labute approximate surface area is 128 Å². The molecule has 116 valence electrons. The molecule has 0 aliphatic rings. The fraction of sp³-hybridized carbons (Fsp3) is 0.154. The lowest BCUT2D eigenvalue weighted by atomic mass is 10.2. The quantitative estimate of drug-likeness (QED) is 0.866. The van der Waals surface area contributed by atoms with Gasteiger partial charge in [0.2, 0.25) is 0 Å². The van der Waals surface area contributed by atoms with Crippen LogP contribution >= 0.6 is 11.6 Å². The molecule has 0 aliphatic carbocycles. The molecule has 1 amide bonds. The topological polar surface area (TPSA) is 64.1 Å². The van der Waals surface area contributed by atoms with Gasteiger partial charge in [-0.25, -0.2) is 14.8 Å². The Hall–Kier alpha value is -2.35. The van der Waals surface area contributed by atoms with Gasteiger partial charge >= 0.3 is 12.3 Å². The summed E-state index contributed by atoms with van der Waals surface area (Å²) in [6.45, 7) is -0.0904. The van der Waals surface area contributed by atoms with E-state index < -0.39 is 28.8 Å². The maximum absolute atomic E-state index is 12.9. The second kappa shape index (κ2) is 6.61. The molecule has 9 heteroatoms. The van der Waals surface area contributed by atoms with Gasteiger partial charge in [0.1, 0.15) is 23.7 Å². The molecule has 1 N–H and O–H groups in total. The number of anilines is 1. The summed E-state index contributed by atoms with van der Waals surface area (Å²) in [6.07, 6.45) is -5.07. The summed E-state index contributed by atoms with van der Waals surface area (Å²) in [5.74, 6) is -0.759. The molecular weight excluding hydrogens is 323 g/mol. The summed E-state index contributed by atoms with van der Waals surface area (Å²) in [4.78, 5) is 18.2. The minimum atomic E-state index is -4.81. The number of halogens is 4. The van der Waals surface area contributed by atoms with Gasteiger partial charge in [0.25, 0.3) is 0 Å². The molecule has 1 aromatic heterocycles. The van der Waals surface area contributed by atoms with E-state index >= 15 is 0 Å². The van der Waals surface area contributed by atoms with Crippen LogP contribution in [0.15, 0.2) is 36.7 Å². The SMILES string of the molecule is O=C(Nc1ncnc(Cl)c1C(F)(F)F)OCc1ccccc1. The fourth-order valence-electron chi connectivity index (χ4n) is 1.57. The number of amides is 1. The number of hydrogen-bond acceptors (Lipinski definition) is 4. The van der Waals surface area contributed by atoms with Gasteiger partial charge in [-0.2, -0.15) is 13.2 Å². The molecule has 0 spiro atoms. The van der Waals surface area contributed by atoms with Crippen molar-refractivity contribution in [2.45, 2.75) is 12.8 Å². The lowest BCUT2D eigenvalue weighted by Crippen LogP contribution is -2.19. The Morgan fingerprint density at radius 1 is 1.23 bits per heavy atom. The average Bonchev–Trinajstić information content (AvgIpc) is 2.45. The molecule has 0 saturated carbocycles. The molecule has 0 saturated heterocycles. The summed E-state index contributed by atoms with van der Waals surface area (Å²) < 4.78 is 43.4. The summed E-state index contributed by atoms with van der Waals surface area (Å²) in [6, 6.07) is 8.67. The van der Waals surface area contributed by atoms with Crippen molar-refractivity contribution in [3.05, 3.63) is 52.9 Å². The van der Waals surface area contributed by atoms with Crippen LogP contribution in [0.1, 0.15) is 11.1 Å². The van der Waals surface area contributed by atoms with Gasteiger partial charge < -0.3 is 4.74 Å². The summed E-state index contributed by atoms with van der Waals surface area (Å²) in [7, 11) is 0. The van der Waals surface area contributed by atoms with Gasteiger partial charge in [-0.15, -0.1) is 0 Å². The Morgan fingerprint density at radius 3 is 2.55 bits per heavy atom. The lowest BCUT2D eigenvalue weighted by molar-refractivity contribution is -0.137. The van der Waals surface area contributed by atoms with E-state index in [-0.39, 0.29) is 6.61 Å². The zero-order chi connectivity index (χ0) is 16.2. The molecule has 1 aromatic carbocycles. The van der Waals surface area contributed by atoms with E-state index in [2.05, 4.69) is 9.97 Å². The van der Waals surface area contributed by atoms with E-state index in [9.17, 15) is 18.0 Å². The lowest BCUT2D eigenvalue weighted by Gasteiger charge is -2.13. The fourth-order valence-corrected chi connectivity index (χ4v) is 1.81. The van der Waals surface area contributed by atoms with E-state index in [1.165, 1.54) is 0 Å². The van der Waals surface area contributed by atoms with Crippen molar-refractivity contribution < 1.29 is 22.7 Å². The number of carbonyl (C=O) groups excluding carboxylic acids is 1. The molecule has 0 unspecified atom stereocenters. The number of ether oxygens (including phenoxy) is 1. The van der Waals surface area contributed by atoms with Gasteiger partial charge in [-0.3, -0.25) is 5.32 Å². The highest BCUT2D eigenvalue weighted by Gasteiger charge is 2.38. The maximum Gasteiger partial charge on any atom is 0.422 e. The van der Waals surface area contributed by atoms with Gasteiger partial charge in [0.15, 0.2) is 5.82 Å². The number of benzene rings is 1. The maximum atomic E-state index is 12.9. The highest BCUT2D eigenvalue weighted by molar-refractivity contribution is 6.30. The molecular formula is C13H9ClF3N3O2. The van der Waals surface area contributed by atoms with E-state index in [4.69, 9.17) is 16.3 Å². The molecule has 2 rings (SSSR count). The summed E-state index contributed by atoms with van der Waals surface area (Å²) >= 11 is 5.41. The highest BCUT2D eigenvalue weighted by atomic mass is 35.5. The van der Waals surface area contributed by atoms with Crippen LogP contribution in [0.5, 0.6) is 0 Å². The zero-order valence-corrected chi connectivity index (χ0v) is 11.6. The molecule has 0 radical (unpaired) electrons. The van der Waals surface area contributed by atoms with Crippen LogP contribution in [-0.2, 0) is 17.5 Å². The van der Waals surface area contributed by atoms with E-state index in [1.807, 2.05) is 5.32 Å². The molecule has 5 nitrogen and oxygen atoms in total. The van der Waals surface area contributed by atoms with E-state index in [0.29, 0.717) is 5.56 Å².